The van der Waals surface area contributed by atoms with Gasteiger partial charge in [-0.3, -0.25) is 4.79 Å². The van der Waals surface area contributed by atoms with Gasteiger partial charge in [-0.2, -0.15) is 0 Å². The van der Waals surface area contributed by atoms with Crippen LogP contribution in [0.4, 0.5) is 11.4 Å². The van der Waals surface area contributed by atoms with E-state index in [4.69, 9.17) is 13.9 Å². The van der Waals surface area contributed by atoms with E-state index in [1.54, 1.807) is 19.2 Å². The number of methoxy groups -OCH3 is 1. The van der Waals surface area contributed by atoms with Crippen molar-refractivity contribution in [3.05, 3.63) is 45.3 Å². The lowest BCUT2D eigenvalue weighted by molar-refractivity contribution is -0.138. The van der Waals surface area contributed by atoms with Gasteiger partial charge in [0.05, 0.1) is 18.7 Å². The molecule has 0 atom stereocenters. The Morgan fingerprint density at radius 1 is 1.10 bits per heavy atom. The van der Waals surface area contributed by atoms with Crippen LogP contribution in [0.3, 0.4) is 0 Å². The van der Waals surface area contributed by atoms with Crippen molar-refractivity contribution in [1.82, 2.24) is 0 Å². The van der Waals surface area contributed by atoms with Crippen LogP contribution in [0.5, 0.6) is 11.5 Å². The molecule has 2 aliphatic rings. The number of fused-ring (bicyclic) bond motifs is 1. The van der Waals surface area contributed by atoms with Gasteiger partial charge in [-0.15, -0.1) is 0 Å². The van der Waals surface area contributed by atoms with Crippen molar-refractivity contribution in [1.29, 1.82) is 0 Å². The highest BCUT2D eigenvalue weighted by Crippen LogP contribution is 2.35. The number of benzene rings is 1. The molecule has 0 spiro atoms. The van der Waals surface area contributed by atoms with E-state index in [9.17, 15) is 9.59 Å². The van der Waals surface area contributed by atoms with Gasteiger partial charge in [-0.25, -0.2) is 4.79 Å². The van der Waals surface area contributed by atoms with Crippen LogP contribution in [0.2, 0.25) is 0 Å². The Bertz CT molecular complexity index is 1100. The normalized spacial score (nSPS) is 15.8. The molecule has 0 aliphatic heterocycles. The van der Waals surface area contributed by atoms with Crippen molar-refractivity contribution < 1.29 is 18.7 Å². The fourth-order valence-corrected chi connectivity index (χ4v) is 4.03. The number of carbonyl (C=O) groups is 1. The fourth-order valence-electron chi connectivity index (χ4n) is 4.03. The molecule has 0 unspecified atom stereocenters. The first kappa shape index (κ1) is 19.3. The number of anilines is 2. The van der Waals surface area contributed by atoms with Gasteiger partial charge in [0.2, 0.25) is 0 Å². The summed E-state index contributed by atoms with van der Waals surface area (Å²) in [5, 5.41) is 0.902. The van der Waals surface area contributed by atoms with Gasteiger partial charge < -0.3 is 18.8 Å². The highest BCUT2D eigenvalue weighted by atomic mass is 16.6. The molecule has 0 saturated heterocycles. The zero-order valence-electron chi connectivity index (χ0n) is 16.8. The smallest absolute Gasteiger partial charge is 0.338 e. The topological polar surface area (TPSA) is 69.0 Å². The molecule has 0 N–H and O–H groups in total. The number of hydrogen-bond donors (Lipinski definition) is 0. The van der Waals surface area contributed by atoms with Crippen LogP contribution in [0.1, 0.15) is 38.5 Å². The fraction of sp³-hybridized carbons (Fsp3) is 0.391. The van der Waals surface area contributed by atoms with E-state index >= 15 is 0 Å². The molecular weight excluding hydrogens is 370 g/mol. The van der Waals surface area contributed by atoms with Gasteiger partial charge in [0.15, 0.2) is 11.5 Å². The third-order valence-corrected chi connectivity index (χ3v) is 5.65. The molecular formula is C23H25NO5. The largest absolute Gasteiger partial charge is 0.493 e. The number of ether oxygens (including phenoxy) is 2. The second-order valence-corrected chi connectivity index (χ2v) is 7.51. The van der Waals surface area contributed by atoms with Gasteiger partial charge in [0.25, 0.3) is 0 Å². The van der Waals surface area contributed by atoms with Crippen LogP contribution in [0.15, 0.2) is 33.5 Å². The molecule has 29 heavy (non-hydrogen) atoms. The lowest BCUT2D eigenvalue weighted by atomic mass is 10.1. The Balaban J connectivity index is 1.70. The number of rotatable bonds is 5. The van der Waals surface area contributed by atoms with Crippen LogP contribution in [0, 0.1) is 5.92 Å². The van der Waals surface area contributed by atoms with Crippen LogP contribution in [-0.4, -0.2) is 20.1 Å². The Kier molecular flexibility index (Phi) is 5.43. The Morgan fingerprint density at radius 2 is 1.86 bits per heavy atom. The summed E-state index contributed by atoms with van der Waals surface area (Å²) in [6.07, 6.45) is 9.65. The molecule has 2 aromatic rings. The number of esters is 1. The van der Waals surface area contributed by atoms with Crippen molar-refractivity contribution >= 4 is 29.5 Å². The van der Waals surface area contributed by atoms with E-state index in [2.05, 4.69) is 6.08 Å². The van der Waals surface area contributed by atoms with Gasteiger partial charge in [-0.05, 0) is 43.9 Å². The molecule has 1 aromatic heterocycles. The summed E-state index contributed by atoms with van der Waals surface area (Å²) in [5.74, 6) is 0.641. The first-order valence-corrected chi connectivity index (χ1v) is 10.0. The van der Waals surface area contributed by atoms with E-state index in [-0.39, 0.29) is 11.9 Å². The first-order chi connectivity index (χ1) is 14.1. The summed E-state index contributed by atoms with van der Waals surface area (Å²) in [5.41, 5.74) is 1.75. The zero-order chi connectivity index (χ0) is 20.4. The second kappa shape index (κ2) is 8.15. The molecule has 1 heterocycles. The summed E-state index contributed by atoms with van der Waals surface area (Å²) in [4.78, 5) is 26.5. The van der Waals surface area contributed by atoms with Gasteiger partial charge in [0, 0.05) is 30.1 Å². The van der Waals surface area contributed by atoms with E-state index in [0.717, 1.165) is 55.1 Å². The predicted molar refractivity (Wildman–Crippen MR) is 111 cm³/mol. The van der Waals surface area contributed by atoms with Crippen molar-refractivity contribution in [2.45, 2.75) is 38.5 Å². The predicted octanol–water partition coefficient (Wildman–Crippen LogP) is 2.87. The minimum atomic E-state index is -0.390. The molecule has 1 aromatic carbocycles. The summed E-state index contributed by atoms with van der Waals surface area (Å²) in [7, 11) is 3.43. The lowest BCUT2D eigenvalue weighted by Crippen LogP contribution is -2.35. The molecule has 6 nitrogen and oxygen atoms in total. The van der Waals surface area contributed by atoms with Crippen molar-refractivity contribution in [2.24, 2.45) is 5.92 Å². The molecule has 0 amide bonds. The van der Waals surface area contributed by atoms with Crippen LogP contribution in [-0.2, 0) is 4.79 Å². The van der Waals surface area contributed by atoms with Gasteiger partial charge in [0.1, 0.15) is 5.42 Å². The van der Waals surface area contributed by atoms with Crippen LogP contribution in [0.25, 0.3) is 12.2 Å². The molecule has 1 fully saturated rings. The van der Waals surface area contributed by atoms with E-state index in [1.807, 2.05) is 24.1 Å². The van der Waals surface area contributed by atoms with Crippen LogP contribution < -0.4 is 30.6 Å². The monoisotopic (exact) mass is 395 g/mol. The Hall–Kier alpha value is -3.02. The molecule has 4 rings (SSSR count). The average Bonchev–Trinajstić information content (AvgIpc) is 3.27. The number of carbonyl (C=O) groups excluding carboxylic acids is 1. The molecule has 0 bridgehead atoms. The Morgan fingerprint density at radius 3 is 2.62 bits per heavy atom. The third kappa shape index (κ3) is 3.92. The maximum atomic E-state index is 12.5. The minimum Gasteiger partial charge on any atom is -0.493 e. The third-order valence-electron chi connectivity index (χ3n) is 5.65. The summed E-state index contributed by atoms with van der Waals surface area (Å²) in [6, 6.07) is 6.91. The van der Waals surface area contributed by atoms with Crippen molar-refractivity contribution in [3.63, 3.8) is 0 Å². The van der Waals surface area contributed by atoms with E-state index < -0.39 is 5.63 Å². The van der Waals surface area contributed by atoms with Crippen molar-refractivity contribution in [3.8, 4) is 11.5 Å². The maximum Gasteiger partial charge on any atom is 0.338 e. The first-order valence-electron chi connectivity index (χ1n) is 10.0. The quantitative estimate of drug-likeness (QED) is 0.573. The molecule has 152 valence electrons. The van der Waals surface area contributed by atoms with Gasteiger partial charge in [-0.1, -0.05) is 18.9 Å². The SMILES string of the molecule is COc1ccc(N(C)c2cc(=O)oc3c2=CCCC=3)cc1OC(=O)C1CCCC1. The maximum absolute atomic E-state index is 12.5. The van der Waals surface area contributed by atoms with Crippen LogP contribution >= 0.6 is 0 Å². The van der Waals surface area contributed by atoms with Gasteiger partial charge >= 0.3 is 11.6 Å². The Labute approximate surface area is 169 Å². The second-order valence-electron chi connectivity index (χ2n) is 7.51. The molecule has 0 radical (unpaired) electrons. The summed E-state index contributed by atoms with van der Waals surface area (Å²) >= 11 is 0. The standard InChI is InChI=1S/C23H25NO5/c1-24(18-14-22(25)28-19-10-6-5-9-17(18)19)16-11-12-20(27-2)21(13-16)29-23(26)15-7-3-4-8-15/h9-15H,3-8H2,1-2H3. The summed E-state index contributed by atoms with van der Waals surface area (Å²) in [6.45, 7) is 0. The minimum absolute atomic E-state index is 0.0444. The highest BCUT2D eigenvalue weighted by Gasteiger charge is 2.26. The van der Waals surface area contributed by atoms with E-state index in [1.165, 1.54) is 6.07 Å². The highest BCUT2D eigenvalue weighted by molar-refractivity contribution is 5.77. The lowest BCUT2D eigenvalue weighted by Gasteiger charge is -2.22. The molecule has 6 heteroatoms. The zero-order valence-corrected chi connectivity index (χ0v) is 16.8. The molecule has 1 saturated carbocycles. The van der Waals surface area contributed by atoms with Crippen molar-refractivity contribution in [2.75, 3.05) is 19.1 Å². The summed E-state index contributed by atoms with van der Waals surface area (Å²) < 4.78 is 16.4. The number of nitrogens with zero attached hydrogens (tertiary/aromatic N) is 1. The number of hydrogen-bond acceptors (Lipinski definition) is 6. The molecule has 2 aliphatic carbocycles. The van der Waals surface area contributed by atoms with E-state index in [0.29, 0.717) is 16.9 Å². The average molecular weight is 395 g/mol.